The number of pyridine rings is 1. The predicted octanol–water partition coefficient (Wildman–Crippen LogP) is 10.5. The smallest absolute Gasteiger partial charge is 0.140 e. The molecule has 0 amide bonds. The van der Waals surface area contributed by atoms with Crippen LogP contribution in [0.25, 0.3) is 0 Å². The number of nitrogens with one attached hydrogen (secondary N) is 1. The lowest BCUT2D eigenvalue weighted by atomic mass is 10.2. The largest absolute Gasteiger partial charge is 0.355 e. The van der Waals surface area contributed by atoms with Crippen LogP contribution < -0.4 is 15.1 Å². The van der Waals surface area contributed by atoms with Gasteiger partial charge in [0.05, 0.1) is 0 Å². The van der Waals surface area contributed by atoms with Crippen LogP contribution in [0.3, 0.4) is 0 Å². The highest BCUT2D eigenvalue weighted by molar-refractivity contribution is 9.10. The third-order valence-corrected chi connectivity index (χ3v) is 6.93. The molecule has 6 aromatic rings. The molecule has 0 aliphatic rings. The molecule has 0 saturated carbocycles. The lowest BCUT2D eigenvalue weighted by Gasteiger charge is -2.28. The second-order valence-electron chi connectivity index (χ2n) is 9.22. The third kappa shape index (κ3) is 5.75. The fourth-order valence-electron chi connectivity index (χ4n) is 4.67. The molecule has 0 aliphatic heterocycles. The van der Waals surface area contributed by atoms with E-state index in [4.69, 9.17) is 4.98 Å². The predicted molar refractivity (Wildman–Crippen MR) is 171 cm³/mol. The SMILES string of the molecule is Brc1cccc(N(c2ccccc2)c2cccc(N(c3ccccc3)c3cccc(Nc4ccccc4)c3)n2)c1. The van der Waals surface area contributed by atoms with Crippen molar-refractivity contribution in [3.8, 4) is 0 Å². The van der Waals surface area contributed by atoms with Gasteiger partial charge in [-0.15, -0.1) is 0 Å². The topological polar surface area (TPSA) is 31.4 Å². The van der Waals surface area contributed by atoms with Gasteiger partial charge in [-0.3, -0.25) is 9.80 Å². The van der Waals surface area contributed by atoms with E-state index in [2.05, 4.69) is 128 Å². The number of hydrogen-bond donors (Lipinski definition) is 1. The first kappa shape index (κ1) is 25.4. The van der Waals surface area contributed by atoms with Crippen LogP contribution in [0.5, 0.6) is 0 Å². The van der Waals surface area contributed by atoms with Gasteiger partial charge in [0.15, 0.2) is 0 Å². The Morgan fingerprint density at radius 3 is 1.45 bits per heavy atom. The number of benzene rings is 5. The van der Waals surface area contributed by atoms with Crippen LogP contribution in [0.4, 0.5) is 45.8 Å². The van der Waals surface area contributed by atoms with E-state index < -0.39 is 0 Å². The van der Waals surface area contributed by atoms with Crippen molar-refractivity contribution >= 4 is 61.7 Å². The number of rotatable bonds is 8. The van der Waals surface area contributed by atoms with Gasteiger partial charge < -0.3 is 5.32 Å². The Kier molecular flexibility index (Phi) is 7.55. The zero-order valence-corrected chi connectivity index (χ0v) is 23.3. The van der Waals surface area contributed by atoms with Crippen molar-refractivity contribution in [3.05, 3.63) is 162 Å². The summed E-state index contributed by atoms with van der Waals surface area (Å²) in [7, 11) is 0. The monoisotopic (exact) mass is 582 g/mol. The van der Waals surface area contributed by atoms with E-state index >= 15 is 0 Å². The maximum absolute atomic E-state index is 5.24. The Morgan fingerprint density at radius 2 is 0.875 bits per heavy atom. The molecule has 5 aromatic carbocycles. The normalized spacial score (nSPS) is 10.6. The van der Waals surface area contributed by atoms with Crippen molar-refractivity contribution in [2.75, 3.05) is 15.1 Å². The van der Waals surface area contributed by atoms with Gasteiger partial charge in [-0.25, -0.2) is 4.98 Å². The average molecular weight is 584 g/mol. The molecule has 1 aromatic heterocycles. The van der Waals surface area contributed by atoms with E-state index in [1.165, 1.54) is 0 Å². The van der Waals surface area contributed by atoms with E-state index in [0.717, 1.165) is 50.2 Å². The second-order valence-corrected chi connectivity index (χ2v) is 10.1. The van der Waals surface area contributed by atoms with Crippen molar-refractivity contribution in [3.63, 3.8) is 0 Å². The van der Waals surface area contributed by atoms with Crippen molar-refractivity contribution in [2.24, 2.45) is 0 Å². The fourth-order valence-corrected chi connectivity index (χ4v) is 5.06. The zero-order valence-electron chi connectivity index (χ0n) is 21.7. The second kappa shape index (κ2) is 11.9. The molecule has 5 heteroatoms. The van der Waals surface area contributed by atoms with Crippen LogP contribution in [0.1, 0.15) is 0 Å². The van der Waals surface area contributed by atoms with Crippen LogP contribution in [0.2, 0.25) is 0 Å². The molecule has 40 heavy (non-hydrogen) atoms. The molecule has 0 atom stereocenters. The number of nitrogens with zero attached hydrogens (tertiary/aromatic N) is 3. The van der Waals surface area contributed by atoms with Gasteiger partial charge in [0.2, 0.25) is 0 Å². The molecule has 0 bridgehead atoms. The van der Waals surface area contributed by atoms with Crippen molar-refractivity contribution < 1.29 is 0 Å². The first-order valence-electron chi connectivity index (χ1n) is 13.1. The molecule has 0 fully saturated rings. The minimum Gasteiger partial charge on any atom is -0.355 e. The summed E-state index contributed by atoms with van der Waals surface area (Å²) < 4.78 is 1.01. The lowest BCUT2D eigenvalue weighted by molar-refractivity contribution is 1.13. The number of aromatic nitrogens is 1. The van der Waals surface area contributed by atoms with E-state index in [-0.39, 0.29) is 0 Å². The van der Waals surface area contributed by atoms with Gasteiger partial charge >= 0.3 is 0 Å². The summed E-state index contributed by atoms with van der Waals surface area (Å²) in [6.45, 7) is 0. The van der Waals surface area contributed by atoms with Gasteiger partial charge in [-0.05, 0) is 84.9 Å². The van der Waals surface area contributed by atoms with Gasteiger partial charge in [-0.1, -0.05) is 88.7 Å². The maximum Gasteiger partial charge on any atom is 0.140 e. The van der Waals surface area contributed by atoms with Crippen molar-refractivity contribution in [1.82, 2.24) is 4.98 Å². The van der Waals surface area contributed by atoms with Crippen molar-refractivity contribution in [2.45, 2.75) is 0 Å². The highest BCUT2D eigenvalue weighted by Crippen LogP contribution is 2.39. The highest BCUT2D eigenvalue weighted by atomic mass is 79.9. The van der Waals surface area contributed by atoms with Gasteiger partial charge in [0, 0.05) is 38.6 Å². The summed E-state index contributed by atoms with van der Waals surface area (Å²) >= 11 is 3.64. The van der Waals surface area contributed by atoms with E-state index in [1.54, 1.807) is 0 Å². The molecular formula is C35H27BrN4. The summed E-state index contributed by atoms with van der Waals surface area (Å²) in [6.07, 6.45) is 0. The molecule has 194 valence electrons. The van der Waals surface area contributed by atoms with Crippen molar-refractivity contribution in [1.29, 1.82) is 0 Å². The Labute approximate surface area is 243 Å². The number of halogens is 1. The van der Waals surface area contributed by atoms with Gasteiger partial charge in [-0.2, -0.15) is 0 Å². The summed E-state index contributed by atoms with van der Waals surface area (Å²) in [5.41, 5.74) is 6.12. The summed E-state index contributed by atoms with van der Waals surface area (Å²) in [5, 5.41) is 3.52. The Balaban J connectivity index is 1.45. The summed E-state index contributed by atoms with van der Waals surface area (Å²) in [4.78, 5) is 9.59. The summed E-state index contributed by atoms with van der Waals surface area (Å²) in [5.74, 6) is 1.64. The Morgan fingerprint density at radius 1 is 0.425 bits per heavy atom. The lowest BCUT2D eigenvalue weighted by Crippen LogP contribution is -2.15. The molecule has 0 unspecified atom stereocenters. The Hall–Kier alpha value is -4.87. The molecule has 0 spiro atoms. The number of para-hydroxylation sites is 3. The first-order chi connectivity index (χ1) is 19.7. The minimum absolute atomic E-state index is 0.816. The van der Waals surface area contributed by atoms with Crippen LogP contribution >= 0.6 is 15.9 Å². The van der Waals surface area contributed by atoms with Crippen LogP contribution in [0.15, 0.2) is 162 Å². The molecule has 0 saturated heterocycles. The van der Waals surface area contributed by atoms with E-state index in [1.807, 2.05) is 60.7 Å². The van der Waals surface area contributed by atoms with Gasteiger partial charge in [0.1, 0.15) is 11.6 Å². The third-order valence-electron chi connectivity index (χ3n) is 6.44. The van der Waals surface area contributed by atoms with Crippen LogP contribution in [-0.4, -0.2) is 4.98 Å². The van der Waals surface area contributed by atoms with E-state index in [9.17, 15) is 0 Å². The highest BCUT2D eigenvalue weighted by Gasteiger charge is 2.18. The molecule has 1 N–H and O–H groups in total. The molecule has 4 nitrogen and oxygen atoms in total. The maximum atomic E-state index is 5.24. The molecule has 0 radical (unpaired) electrons. The average Bonchev–Trinajstić information content (AvgIpc) is 3.00. The molecule has 0 aliphatic carbocycles. The summed E-state index contributed by atoms with van der Waals surface area (Å²) in [6, 6.07) is 53.7. The van der Waals surface area contributed by atoms with Crippen LogP contribution in [-0.2, 0) is 0 Å². The fraction of sp³-hybridized carbons (Fsp3) is 0. The zero-order chi connectivity index (χ0) is 27.1. The Bertz CT molecular complexity index is 1690. The molecule has 1 heterocycles. The van der Waals surface area contributed by atoms with E-state index in [0.29, 0.717) is 0 Å². The standard InChI is InChI=1S/C35H27BrN4/c36-27-13-10-21-32(25-27)39(30-17-6-2-7-18-30)34-23-12-24-35(38-34)40(31-19-8-3-9-20-31)33-22-11-16-29(26-33)37-28-14-4-1-5-15-28/h1-26,37H. The van der Waals surface area contributed by atoms with Gasteiger partial charge in [0.25, 0.3) is 0 Å². The first-order valence-corrected chi connectivity index (χ1v) is 13.9. The number of anilines is 8. The quantitative estimate of drug-likeness (QED) is 0.193. The van der Waals surface area contributed by atoms with Crippen LogP contribution in [0, 0.1) is 0 Å². The minimum atomic E-state index is 0.816. The molecule has 6 rings (SSSR count). The molecular weight excluding hydrogens is 556 g/mol. The number of hydrogen-bond acceptors (Lipinski definition) is 4.